The molecule has 0 saturated carbocycles. The molecule has 4 nitrogen and oxygen atoms in total. The van der Waals surface area contributed by atoms with Gasteiger partial charge in [-0.15, -0.1) is 0 Å². The molecule has 0 aliphatic carbocycles. The van der Waals surface area contributed by atoms with Crippen LogP contribution in [0.25, 0.3) is 0 Å². The van der Waals surface area contributed by atoms with E-state index < -0.39 is 0 Å². The fraction of sp³-hybridized carbons (Fsp3) is 1.00. The second-order valence-corrected chi connectivity index (χ2v) is 5.70. The number of hydrogen-bond donors (Lipinski definition) is 2. The molecule has 0 rings (SSSR count). The van der Waals surface area contributed by atoms with Crippen LogP contribution < -0.4 is 11.1 Å². The SMILES string of the molecule is CCCNC(C)(C)COC(C)(C)COCCN. The Labute approximate surface area is 106 Å². The maximum Gasteiger partial charge on any atom is 0.0859 e. The van der Waals surface area contributed by atoms with Gasteiger partial charge in [-0.25, -0.2) is 0 Å². The third-order valence-electron chi connectivity index (χ3n) is 2.39. The lowest BCUT2D eigenvalue weighted by atomic mass is 10.1. The van der Waals surface area contributed by atoms with Crippen molar-refractivity contribution in [3.8, 4) is 0 Å². The Bertz CT molecular complexity index is 194. The van der Waals surface area contributed by atoms with Gasteiger partial charge < -0.3 is 20.5 Å². The average Bonchev–Trinajstić information content (AvgIpc) is 2.25. The largest absolute Gasteiger partial charge is 0.377 e. The van der Waals surface area contributed by atoms with Gasteiger partial charge in [-0.3, -0.25) is 0 Å². The summed E-state index contributed by atoms with van der Waals surface area (Å²) in [6, 6.07) is 0. The molecule has 0 unspecified atom stereocenters. The quantitative estimate of drug-likeness (QED) is 0.574. The first-order chi connectivity index (χ1) is 7.83. The third-order valence-corrected chi connectivity index (χ3v) is 2.39. The van der Waals surface area contributed by atoms with Crippen molar-refractivity contribution in [2.24, 2.45) is 5.73 Å². The molecule has 17 heavy (non-hydrogen) atoms. The van der Waals surface area contributed by atoms with Crippen LogP contribution in [0.5, 0.6) is 0 Å². The molecule has 0 heterocycles. The van der Waals surface area contributed by atoms with Crippen molar-refractivity contribution in [3.63, 3.8) is 0 Å². The highest BCUT2D eigenvalue weighted by Gasteiger charge is 2.24. The van der Waals surface area contributed by atoms with E-state index in [1.807, 2.05) is 13.8 Å². The minimum atomic E-state index is -0.264. The summed E-state index contributed by atoms with van der Waals surface area (Å²) < 4.78 is 11.3. The van der Waals surface area contributed by atoms with E-state index in [0.717, 1.165) is 13.0 Å². The zero-order valence-electron chi connectivity index (χ0n) is 12.1. The smallest absolute Gasteiger partial charge is 0.0859 e. The first-order valence-corrected chi connectivity index (χ1v) is 6.50. The number of ether oxygens (including phenoxy) is 2. The van der Waals surface area contributed by atoms with Crippen LogP contribution >= 0.6 is 0 Å². The van der Waals surface area contributed by atoms with Crippen LogP contribution in [0.3, 0.4) is 0 Å². The van der Waals surface area contributed by atoms with Crippen molar-refractivity contribution in [1.29, 1.82) is 0 Å². The van der Waals surface area contributed by atoms with E-state index in [1.54, 1.807) is 0 Å². The third kappa shape index (κ3) is 9.53. The van der Waals surface area contributed by atoms with Gasteiger partial charge in [-0.05, 0) is 40.7 Å². The first kappa shape index (κ1) is 16.8. The molecule has 0 fully saturated rings. The van der Waals surface area contributed by atoms with Gasteiger partial charge in [0.15, 0.2) is 0 Å². The molecule has 0 aromatic heterocycles. The zero-order valence-corrected chi connectivity index (χ0v) is 12.1. The Kier molecular flexibility index (Phi) is 7.96. The van der Waals surface area contributed by atoms with E-state index in [1.165, 1.54) is 0 Å². The van der Waals surface area contributed by atoms with Crippen LogP contribution in [0.1, 0.15) is 41.0 Å². The molecule has 0 aromatic rings. The van der Waals surface area contributed by atoms with Crippen molar-refractivity contribution in [3.05, 3.63) is 0 Å². The summed E-state index contributed by atoms with van der Waals surface area (Å²) in [4.78, 5) is 0. The van der Waals surface area contributed by atoms with Gasteiger partial charge >= 0.3 is 0 Å². The Morgan fingerprint density at radius 1 is 1.12 bits per heavy atom. The summed E-state index contributed by atoms with van der Waals surface area (Å²) in [6.07, 6.45) is 1.13. The lowest BCUT2D eigenvalue weighted by Gasteiger charge is -2.32. The van der Waals surface area contributed by atoms with E-state index in [9.17, 15) is 0 Å². The normalized spacial score (nSPS) is 13.1. The maximum absolute atomic E-state index is 5.91. The fourth-order valence-corrected chi connectivity index (χ4v) is 1.33. The average molecular weight is 246 g/mol. The molecule has 0 amide bonds. The monoisotopic (exact) mass is 246 g/mol. The Balaban J connectivity index is 3.89. The van der Waals surface area contributed by atoms with Gasteiger partial charge in [0.2, 0.25) is 0 Å². The summed E-state index contributed by atoms with van der Waals surface area (Å²) in [6.45, 7) is 14.0. The van der Waals surface area contributed by atoms with Crippen molar-refractivity contribution in [1.82, 2.24) is 5.32 Å². The zero-order chi connectivity index (χ0) is 13.4. The molecular weight excluding hydrogens is 216 g/mol. The van der Waals surface area contributed by atoms with E-state index in [4.69, 9.17) is 15.2 Å². The van der Waals surface area contributed by atoms with Crippen molar-refractivity contribution >= 4 is 0 Å². The van der Waals surface area contributed by atoms with E-state index in [0.29, 0.717) is 26.4 Å². The van der Waals surface area contributed by atoms with Crippen LogP contribution in [0.4, 0.5) is 0 Å². The highest BCUT2D eigenvalue weighted by atomic mass is 16.5. The fourth-order valence-electron chi connectivity index (χ4n) is 1.33. The summed E-state index contributed by atoms with van der Waals surface area (Å²) >= 11 is 0. The van der Waals surface area contributed by atoms with Crippen LogP contribution in [0, 0.1) is 0 Å². The van der Waals surface area contributed by atoms with Gasteiger partial charge in [-0.2, -0.15) is 0 Å². The Hall–Kier alpha value is -0.160. The first-order valence-electron chi connectivity index (χ1n) is 6.50. The Morgan fingerprint density at radius 2 is 1.76 bits per heavy atom. The standard InChI is InChI=1S/C13H30N2O2/c1-6-8-15-12(2,3)10-17-13(4,5)11-16-9-7-14/h15H,6-11,14H2,1-5H3. The number of rotatable bonds is 10. The summed E-state index contributed by atoms with van der Waals surface area (Å²) in [5, 5.41) is 3.46. The molecule has 0 aromatic carbocycles. The van der Waals surface area contributed by atoms with Gasteiger partial charge in [0.25, 0.3) is 0 Å². The lowest BCUT2D eigenvalue weighted by Crippen LogP contribution is -2.47. The molecule has 0 bridgehead atoms. The Morgan fingerprint density at radius 3 is 2.29 bits per heavy atom. The summed E-state index contributed by atoms with van der Waals surface area (Å²) in [7, 11) is 0. The molecule has 3 N–H and O–H groups in total. The highest BCUT2D eigenvalue weighted by molar-refractivity contribution is 4.79. The van der Waals surface area contributed by atoms with Crippen molar-refractivity contribution in [2.45, 2.75) is 52.2 Å². The molecular formula is C13H30N2O2. The number of nitrogens with one attached hydrogen (secondary N) is 1. The van der Waals surface area contributed by atoms with E-state index in [2.05, 4.69) is 26.1 Å². The molecule has 4 heteroatoms. The lowest BCUT2D eigenvalue weighted by molar-refractivity contribution is -0.0888. The summed E-state index contributed by atoms with van der Waals surface area (Å²) in [5.74, 6) is 0. The number of nitrogens with two attached hydrogens (primary N) is 1. The van der Waals surface area contributed by atoms with Crippen LogP contribution in [-0.4, -0.2) is 44.1 Å². The summed E-state index contributed by atoms with van der Waals surface area (Å²) in [5.41, 5.74) is 5.12. The molecule has 0 atom stereocenters. The second-order valence-electron chi connectivity index (χ2n) is 5.70. The van der Waals surface area contributed by atoms with E-state index in [-0.39, 0.29) is 11.1 Å². The molecule has 0 aliphatic rings. The van der Waals surface area contributed by atoms with Crippen LogP contribution in [0.2, 0.25) is 0 Å². The maximum atomic E-state index is 5.91. The van der Waals surface area contributed by atoms with Gasteiger partial charge in [0, 0.05) is 12.1 Å². The van der Waals surface area contributed by atoms with Gasteiger partial charge in [0.1, 0.15) is 0 Å². The minimum Gasteiger partial charge on any atom is -0.377 e. The molecule has 104 valence electrons. The highest BCUT2D eigenvalue weighted by Crippen LogP contribution is 2.13. The predicted molar refractivity (Wildman–Crippen MR) is 72.3 cm³/mol. The molecule has 0 saturated heterocycles. The van der Waals surface area contributed by atoms with Crippen molar-refractivity contribution in [2.75, 3.05) is 32.9 Å². The van der Waals surface area contributed by atoms with E-state index >= 15 is 0 Å². The van der Waals surface area contributed by atoms with Crippen LogP contribution in [0.15, 0.2) is 0 Å². The molecule has 0 radical (unpaired) electrons. The van der Waals surface area contributed by atoms with Gasteiger partial charge in [0.05, 0.1) is 25.4 Å². The predicted octanol–water partition coefficient (Wildman–Crippen LogP) is 1.54. The topological polar surface area (TPSA) is 56.5 Å². The van der Waals surface area contributed by atoms with Crippen molar-refractivity contribution < 1.29 is 9.47 Å². The second kappa shape index (κ2) is 8.03. The minimum absolute atomic E-state index is 0.00114. The van der Waals surface area contributed by atoms with Gasteiger partial charge in [-0.1, -0.05) is 6.92 Å². The molecule has 0 spiro atoms. The number of hydrogen-bond acceptors (Lipinski definition) is 4. The molecule has 0 aliphatic heterocycles. The van der Waals surface area contributed by atoms with Crippen LogP contribution in [-0.2, 0) is 9.47 Å².